The number of rotatable bonds is 2. The maximum atomic E-state index is 13.5. The number of hydrogen-bond donors (Lipinski definition) is 1. The van der Waals surface area contributed by atoms with Gasteiger partial charge in [-0.05, 0) is 23.4 Å². The molecule has 2 aromatic rings. The highest BCUT2D eigenvalue weighted by atomic mass is 32.1. The molecule has 15 heavy (non-hydrogen) atoms. The topological polar surface area (TPSA) is 20.2 Å². The van der Waals surface area contributed by atoms with Gasteiger partial charge in [-0.1, -0.05) is 30.3 Å². The van der Waals surface area contributed by atoms with Gasteiger partial charge in [0.05, 0.1) is 4.88 Å². The standard InChI is InChI=1S/C12H11FOS/c1-8-7-15-12(10(8)13)11(14)9-5-3-2-4-6-9/h2-7,11,14H,1H3. The fourth-order valence-electron chi connectivity index (χ4n) is 1.42. The minimum absolute atomic E-state index is 0.295. The summed E-state index contributed by atoms with van der Waals surface area (Å²) in [7, 11) is 0. The Balaban J connectivity index is 2.37. The van der Waals surface area contributed by atoms with Gasteiger partial charge in [0.25, 0.3) is 0 Å². The number of aryl methyl sites for hydroxylation is 1. The third kappa shape index (κ3) is 1.94. The molecular formula is C12H11FOS. The molecule has 0 saturated heterocycles. The molecule has 1 N–H and O–H groups in total. The highest BCUT2D eigenvalue weighted by molar-refractivity contribution is 7.10. The van der Waals surface area contributed by atoms with Crippen LogP contribution in [-0.4, -0.2) is 5.11 Å². The molecule has 1 nitrogen and oxygen atoms in total. The van der Waals surface area contributed by atoms with Crippen LogP contribution < -0.4 is 0 Å². The summed E-state index contributed by atoms with van der Waals surface area (Å²) in [5.74, 6) is -0.295. The van der Waals surface area contributed by atoms with E-state index in [-0.39, 0.29) is 5.82 Å². The Morgan fingerprint density at radius 3 is 2.47 bits per heavy atom. The molecule has 0 amide bonds. The quantitative estimate of drug-likeness (QED) is 0.826. The Bertz CT molecular complexity index is 450. The van der Waals surface area contributed by atoms with Crippen molar-refractivity contribution in [2.75, 3.05) is 0 Å². The molecule has 0 spiro atoms. The van der Waals surface area contributed by atoms with E-state index >= 15 is 0 Å². The van der Waals surface area contributed by atoms with Gasteiger partial charge in [-0.3, -0.25) is 0 Å². The first-order valence-electron chi connectivity index (χ1n) is 4.66. The van der Waals surface area contributed by atoms with E-state index in [2.05, 4.69) is 0 Å². The van der Waals surface area contributed by atoms with E-state index in [4.69, 9.17) is 0 Å². The van der Waals surface area contributed by atoms with E-state index in [1.807, 2.05) is 18.2 Å². The fraction of sp³-hybridized carbons (Fsp3) is 0.167. The van der Waals surface area contributed by atoms with E-state index in [0.717, 1.165) is 5.56 Å². The number of benzene rings is 1. The van der Waals surface area contributed by atoms with Gasteiger partial charge in [-0.2, -0.15) is 0 Å². The average molecular weight is 222 g/mol. The van der Waals surface area contributed by atoms with E-state index in [1.165, 1.54) is 11.3 Å². The van der Waals surface area contributed by atoms with Gasteiger partial charge in [-0.25, -0.2) is 4.39 Å². The van der Waals surface area contributed by atoms with Gasteiger partial charge in [0.1, 0.15) is 11.9 Å². The third-order valence-corrected chi connectivity index (χ3v) is 3.42. The molecule has 1 aromatic heterocycles. The van der Waals surface area contributed by atoms with Crippen molar-refractivity contribution in [1.29, 1.82) is 0 Å². The number of hydrogen-bond acceptors (Lipinski definition) is 2. The first-order valence-corrected chi connectivity index (χ1v) is 5.54. The van der Waals surface area contributed by atoms with Crippen molar-refractivity contribution < 1.29 is 9.50 Å². The molecule has 0 aliphatic carbocycles. The minimum atomic E-state index is -0.857. The van der Waals surface area contributed by atoms with Crippen LogP contribution >= 0.6 is 11.3 Å². The van der Waals surface area contributed by atoms with Crippen LogP contribution in [0.3, 0.4) is 0 Å². The molecule has 78 valence electrons. The molecule has 0 aliphatic heterocycles. The highest BCUT2D eigenvalue weighted by Gasteiger charge is 2.17. The summed E-state index contributed by atoms with van der Waals surface area (Å²) in [5.41, 5.74) is 1.31. The molecule has 0 radical (unpaired) electrons. The van der Waals surface area contributed by atoms with E-state index in [0.29, 0.717) is 10.4 Å². The molecule has 1 unspecified atom stereocenters. The molecule has 0 bridgehead atoms. The summed E-state index contributed by atoms with van der Waals surface area (Å²) in [5, 5.41) is 11.7. The van der Waals surface area contributed by atoms with Crippen molar-refractivity contribution in [1.82, 2.24) is 0 Å². The first kappa shape index (κ1) is 10.3. The summed E-state index contributed by atoms with van der Waals surface area (Å²) in [4.78, 5) is 0.388. The summed E-state index contributed by atoms with van der Waals surface area (Å²) < 4.78 is 13.5. The van der Waals surface area contributed by atoms with E-state index in [9.17, 15) is 9.50 Å². The lowest BCUT2D eigenvalue weighted by Gasteiger charge is -2.08. The minimum Gasteiger partial charge on any atom is -0.383 e. The normalized spacial score (nSPS) is 12.7. The predicted octanol–water partition coefficient (Wildman–Crippen LogP) is 3.28. The Kier molecular flexibility index (Phi) is 2.84. The number of aliphatic hydroxyl groups is 1. The van der Waals surface area contributed by atoms with Crippen LogP contribution in [0.15, 0.2) is 35.7 Å². The average Bonchev–Trinajstić information content (AvgIpc) is 2.60. The maximum absolute atomic E-state index is 13.5. The van der Waals surface area contributed by atoms with Gasteiger partial charge in [0.15, 0.2) is 0 Å². The second-order valence-electron chi connectivity index (χ2n) is 3.41. The molecule has 2 rings (SSSR count). The zero-order chi connectivity index (χ0) is 10.8. The number of thiophene rings is 1. The van der Waals surface area contributed by atoms with Crippen LogP contribution in [0.1, 0.15) is 22.1 Å². The lowest BCUT2D eigenvalue weighted by molar-refractivity contribution is 0.219. The van der Waals surface area contributed by atoms with Crippen LogP contribution in [0, 0.1) is 12.7 Å². The molecule has 1 aromatic carbocycles. The molecule has 0 aliphatic rings. The fourth-order valence-corrected chi connectivity index (χ4v) is 2.36. The molecule has 1 heterocycles. The van der Waals surface area contributed by atoms with Crippen LogP contribution in [0.25, 0.3) is 0 Å². The Morgan fingerprint density at radius 1 is 1.27 bits per heavy atom. The van der Waals surface area contributed by atoms with E-state index in [1.54, 1.807) is 24.4 Å². The van der Waals surface area contributed by atoms with Gasteiger partial charge in [0.2, 0.25) is 0 Å². The van der Waals surface area contributed by atoms with Crippen molar-refractivity contribution in [2.24, 2.45) is 0 Å². The lowest BCUT2D eigenvalue weighted by atomic mass is 10.1. The van der Waals surface area contributed by atoms with Crippen molar-refractivity contribution in [2.45, 2.75) is 13.0 Å². The Labute approximate surface area is 91.8 Å². The first-order chi connectivity index (χ1) is 7.20. The summed E-state index contributed by atoms with van der Waals surface area (Å²) in [6.07, 6.45) is -0.857. The van der Waals surface area contributed by atoms with Crippen LogP contribution in [0.4, 0.5) is 4.39 Å². The summed E-state index contributed by atoms with van der Waals surface area (Å²) >= 11 is 1.25. The lowest BCUT2D eigenvalue weighted by Crippen LogP contribution is -1.99. The number of halogens is 1. The zero-order valence-corrected chi connectivity index (χ0v) is 9.09. The summed E-state index contributed by atoms with van der Waals surface area (Å²) in [6.45, 7) is 1.70. The van der Waals surface area contributed by atoms with Gasteiger partial charge < -0.3 is 5.11 Å². The molecule has 3 heteroatoms. The zero-order valence-electron chi connectivity index (χ0n) is 8.27. The highest BCUT2D eigenvalue weighted by Crippen LogP contribution is 2.30. The maximum Gasteiger partial charge on any atom is 0.142 e. The number of aliphatic hydroxyl groups excluding tert-OH is 1. The van der Waals surface area contributed by atoms with Crippen LogP contribution in [0.2, 0.25) is 0 Å². The molecular weight excluding hydrogens is 211 g/mol. The Hall–Kier alpha value is -1.19. The van der Waals surface area contributed by atoms with Crippen molar-refractivity contribution in [3.63, 3.8) is 0 Å². The van der Waals surface area contributed by atoms with Gasteiger partial charge in [-0.15, -0.1) is 11.3 Å². The monoisotopic (exact) mass is 222 g/mol. The Morgan fingerprint density at radius 2 is 1.93 bits per heavy atom. The van der Waals surface area contributed by atoms with Crippen molar-refractivity contribution in [3.8, 4) is 0 Å². The second kappa shape index (κ2) is 4.13. The van der Waals surface area contributed by atoms with Crippen molar-refractivity contribution in [3.05, 3.63) is 57.5 Å². The predicted molar refractivity (Wildman–Crippen MR) is 59.5 cm³/mol. The molecule has 0 saturated carbocycles. The second-order valence-corrected chi connectivity index (χ2v) is 4.32. The van der Waals surface area contributed by atoms with Gasteiger partial charge >= 0.3 is 0 Å². The smallest absolute Gasteiger partial charge is 0.142 e. The van der Waals surface area contributed by atoms with Gasteiger partial charge in [0, 0.05) is 0 Å². The van der Waals surface area contributed by atoms with Crippen molar-refractivity contribution >= 4 is 11.3 Å². The summed E-state index contributed by atoms with van der Waals surface area (Å²) in [6, 6.07) is 9.11. The van der Waals surface area contributed by atoms with Crippen LogP contribution in [-0.2, 0) is 0 Å². The SMILES string of the molecule is Cc1csc(C(O)c2ccccc2)c1F. The van der Waals surface area contributed by atoms with Crippen LogP contribution in [0.5, 0.6) is 0 Å². The van der Waals surface area contributed by atoms with E-state index < -0.39 is 6.10 Å². The molecule has 0 fully saturated rings. The largest absolute Gasteiger partial charge is 0.383 e. The molecule has 1 atom stereocenters. The third-order valence-electron chi connectivity index (χ3n) is 2.29.